The lowest BCUT2D eigenvalue weighted by Gasteiger charge is -2.09. The van der Waals surface area contributed by atoms with Gasteiger partial charge in [0.05, 0.1) is 7.11 Å². The molecule has 0 aliphatic rings. The van der Waals surface area contributed by atoms with Crippen LogP contribution in [0.1, 0.15) is 20.3 Å². The average Bonchev–Trinajstić information content (AvgIpc) is 2.71. The molecule has 0 fully saturated rings. The van der Waals surface area contributed by atoms with Crippen LogP contribution < -0.4 is 15.8 Å². The fraction of sp³-hybridized carbons (Fsp3) is 0.500. The first-order valence-electron chi connectivity index (χ1n) is 6.33. The van der Waals surface area contributed by atoms with E-state index >= 15 is 0 Å². The molecular weight excluding hydrogens is 260 g/mol. The van der Waals surface area contributed by atoms with Crippen LogP contribution in [0.15, 0.2) is 6.33 Å². The fourth-order valence-corrected chi connectivity index (χ4v) is 1.91. The standard InChI is InChI=1S/C12H18N6O2/c1-7(2)16-8(19)4-5-18-10-9(17-12(18)13)11(20-3)15-6-14-10/h6-7H,4-5H2,1-3H3,(H2,13,17)(H,16,19). The highest BCUT2D eigenvalue weighted by molar-refractivity contribution is 5.80. The monoisotopic (exact) mass is 278 g/mol. The number of aryl methyl sites for hydroxylation is 1. The number of methoxy groups -OCH3 is 1. The number of ether oxygens (including phenoxy) is 1. The van der Waals surface area contributed by atoms with E-state index in [2.05, 4.69) is 20.3 Å². The van der Waals surface area contributed by atoms with Crippen LogP contribution in [-0.2, 0) is 11.3 Å². The van der Waals surface area contributed by atoms with Gasteiger partial charge in [0.2, 0.25) is 17.7 Å². The highest BCUT2D eigenvalue weighted by Gasteiger charge is 2.15. The summed E-state index contributed by atoms with van der Waals surface area (Å²) in [5, 5.41) is 2.82. The number of nitrogen functional groups attached to an aromatic ring is 1. The van der Waals surface area contributed by atoms with E-state index < -0.39 is 0 Å². The molecule has 0 spiro atoms. The molecular formula is C12H18N6O2. The van der Waals surface area contributed by atoms with Crippen LogP contribution in [0.25, 0.3) is 11.2 Å². The summed E-state index contributed by atoms with van der Waals surface area (Å²) in [6.45, 7) is 4.23. The third-order valence-corrected chi connectivity index (χ3v) is 2.73. The highest BCUT2D eigenvalue weighted by Crippen LogP contribution is 2.22. The fourth-order valence-electron chi connectivity index (χ4n) is 1.91. The normalized spacial score (nSPS) is 11.0. The Morgan fingerprint density at radius 1 is 1.50 bits per heavy atom. The summed E-state index contributed by atoms with van der Waals surface area (Å²) in [6.07, 6.45) is 1.69. The molecule has 2 rings (SSSR count). The minimum absolute atomic E-state index is 0.0396. The zero-order chi connectivity index (χ0) is 14.7. The summed E-state index contributed by atoms with van der Waals surface area (Å²) in [7, 11) is 1.51. The number of rotatable bonds is 5. The van der Waals surface area contributed by atoms with Crippen molar-refractivity contribution >= 4 is 23.0 Å². The topological polar surface area (TPSA) is 108 Å². The third kappa shape index (κ3) is 2.79. The Balaban J connectivity index is 2.22. The van der Waals surface area contributed by atoms with E-state index in [0.717, 1.165) is 0 Å². The first kappa shape index (κ1) is 14.0. The predicted octanol–water partition coefficient (Wildman–Crippen LogP) is 0.332. The number of amides is 1. The van der Waals surface area contributed by atoms with Gasteiger partial charge in [0.25, 0.3) is 0 Å². The van der Waals surface area contributed by atoms with Gasteiger partial charge in [-0.05, 0) is 13.8 Å². The number of nitrogens with two attached hydrogens (primary N) is 1. The van der Waals surface area contributed by atoms with Crippen molar-refractivity contribution in [1.82, 2.24) is 24.8 Å². The van der Waals surface area contributed by atoms with Gasteiger partial charge in [-0.1, -0.05) is 0 Å². The second-order valence-electron chi connectivity index (χ2n) is 4.65. The van der Waals surface area contributed by atoms with Gasteiger partial charge >= 0.3 is 0 Å². The maximum absolute atomic E-state index is 11.7. The zero-order valence-electron chi connectivity index (χ0n) is 11.8. The number of hydrogen-bond donors (Lipinski definition) is 2. The predicted molar refractivity (Wildman–Crippen MR) is 74.2 cm³/mol. The van der Waals surface area contributed by atoms with Gasteiger partial charge in [-0.3, -0.25) is 9.36 Å². The molecule has 0 saturated carbocycles. The van der Waals surface area contributed by atoms with Gasteiger partial charge < -0.3 is 15.8 Å². The number of anilines is 1. The zero-order valence-corrected chi connectivity index (χ0v) is 11.8. The smallest absolute Gasteiger partial charge is 0.245 e. The number of carbonyl (C=O) groups excluding carboxylic acids is 1. The quantitative estimate of drug-likeness (QED) is 0.816. The lowest BCUT2D eigenvalue weighted by molar-refractivity contribution is -0.121. The van der Waals surface area contributed by atoms with Gasteiger partial charge in [-0.2, -0.15) is 4.98 Å². The van der Waals surface area contributed by atoms with Crippen LogP contribution in [0.5, 0.6) is 5.88 Å². The van der Waals surface area contributed by atoms with E-state index in [0.29, 0.717) is 30.0 Å². The molecule has 8 nitrogen and oxygen atoms in total. The van der Waals surface area contributed by atoms with Gasteiger partial charge in [-0.25, -0.2) is 9.97 Å². The van der Waals surface area contributed by atoms with E-state index in [4.69, 9.17) is 10.5 Å². The average molecular weight is 278 g/mol. The van der Waals surface area contributed by atoms with Crippen LogP contribution >= 0.6 is 0 Å². The Bertz CT molecular complexity index is 622. The molecule has 3 N–H and O–H groups in total. The maximum Gasteiger partial charge on any atom is 0.245 e. The van der Waals surface area contributed by atoms with E-state index in [1.165, 1.54) is 13.4 Å². The van der Waals surface area contributed by atoms with E-state index in [1.807, 2.05) is 13.8 Å². The van der Waals surface area contributed by atoms with Gasteiger partial charge in [0.1, 0.15) is 6.33 Å². The summed E-state index contributed by atoms with van der Waals surface area (Å²) in [6, 6.07) is 0.113. The highest BCUT2D eigenvalue weighted by atomic mass is 16.5. The molecule has 0 radical (unpaired) electrons. The minimum atomic E-state index is -0.0396. The van der Waals surface area contributed by atoms with Gasteiger partial charge in [-0.15, -0.1) is 0 Å². The van der Waals surface area contributed by atoms with Crippen molar-refractivity contribution < 1.29 is 9.53 Å². The molecule has 108 valence electrons. The van der Waals surface area contributed by atoms with Crippen LogP contribution in [0.3, 0.4) is 0 Å². The third-order valence-electron chi connectivity index (χ3n) is 2.73. The molecule has 20 heavy (non-hydrogen) atoms. The molecule has 0 unspecified atom stereocenters. The molecule has 0 bridgehead atoms. The maximum atomic E-state index is 11.7. The number of nitrogens with zero attached hydrogens (tertiary/aromatic N) is 4. The summed E-state index contributed by atoms with van der Waals surface area (Å²) >= 11 is 0. The molecule has 0 aromatic carbocycles. The van der Waals surface area contributed by atoms with Crippen molar-refractivity contribution in [1.29, 1.82) is 0 Å². The number of carbonyl (C=O) groups is 1. The summed E-state index contributed by atoms with van der Waals surface area (Å²) in [5.74, 6) is 0.616. The molecule has 0 aliphatic carbocycles. The summed E-state index contributed by atoms with van der Waals surface area (Å²) in [5.41, 5.74) is 6.92. The summed E-state index contributed by atoms with van der Waals surface area (Å²) in [4.78, 5) is 24.0. The minimum Gasteiger partial charge on any atom is -0.479 e. The van der Waals surface area contributed by atoms with Gasteiger partial charge in [0.15, 0.2) is 11.2 Å². The molecule has 2 aromatic rings. The molecule has 0 saturated heterocycles. The Morgan fingerprint density at radius 3 is 2.90 bits per heavy atom. The molecule has 0 aliphatic heterocycles. The number of hydrogen-bond acceptors (Lipinski definition) is 6. The molecule has 1 amide bonds. The first-order valence-corrected chi connectivity index (χ1v) is 6.33. The van der Waals surface area contributed by atoms with Crippen molar-refractivity contribution in [3.05, 3.63) is 6.33 Å². The number of fused-ring (bicyclic) bond motifs is 1. The Hall–Kier alpha value is -2.38. The van der Waals surface area contributed by atoms with E-state index in [1.54, 1.807) is 4.57 Å². The largest absolute Gasteiger partial charge is 0.479 e. The lowest BCUT2D eigenvalue weighted by atomic mass is 10.3. The Morgan fingerprint density at radius 2 is 2.25 bits per heavy atom. The Labute approximate surface area is 116 Å². The SMILES string of the molecule is COc1ncnc2c1nc(N)n2CCC(=O)NC(C)C. The van der Waals surface area contributed by atoms with Crippen molar-refractivity contribution in [3.63, 3.8) is 0 Å². The van der Waals surface area contributed by atoms with Crippen molar-refractivity contribution in [2.24, 2.45) is 0 Å². The molecule has 2 aromatic heterocycles. The van der Waals surface area contributed by atoms with Crippen molar-refractivity contribution in [2.45, 2.75) is 32.9 Å². The second-order valence-corrected chi connectivity index (χ2v) is 4.65. The molecule has 0 atom stereocenters. The summed E-state index contributed by atoms with van der Waals surface area (Å²) < 4.78 is 6.79. The van der Waals surface area contributed by atoms with Crippen LogP contribution in [-0.4, -0.2) is 38.6 Å². The van der Waals surface area contributed by atoms with Crippen LogP contribution in [0.2, 0.25) is 0 Å². The van der Waals surface area contributed by atoms with Crippen LogP contribution in [0.4, 0.5) is 5.95 Å². The Kier molecular flexibility index (Phi) is 4.02. The van der Waals surface area contributed by atoms with E-state index in [-0.39, 0.29) is 17.9 Å². The van der Waals surface area contributed by atoms with Crippen LogP contribution in [0, 0.1) is 0 Å². The first-order chi connectivity index (χ1) is 9.52. The number of nitrogens with one attached hydrogen (secondary N) is 1. The van der Waals surface area contributed by atoms with Gasteiger partial charge in [0, 0.05) is 19.0 Å². The van der Waals surface area contributed by atoms with Crippen molar-refractivity contribution in [3.8, 4) is 5.88 Å². The number of imidazole rings is 1. The van der Waals surface area contributed by atoms with Crippen molar-refractivity contribution in [2.75, 3.05) is 12.8 Å². The second kappa shape index (κ2) is 5.72. The van der Waals surface area contributed by atoms with E-state index in [9.17, 15) is 4.79 Å². The number of aromatic nitrogens is 4. The molecule has 2 heterocycles. The molecule has 8 heteroatoms. The lowest BCUT2D eigenvalue weighted by Crippen LogP contribution is -2.30.